The van der Waals surface area contributed by atoms with E-state index in [9.17, 15) is 15.0 Å². The SMILES string of the molecule is O=C(O)CN1CCCCCCN(c2ccc(C3=C(c4ccccc4)CCCc4cc(O)ccc43)cc2)CCCCC1. The molecule has 1 aliphatic carbocycles. The molecule has 0 unspecified atom stereocenters. The fourth-order valence-corrected chi connectivity index (χ4v) is 6.51. The smallest absolute Gasteiger partial charge is 0.317 e. The van der Waals surface area contributed by atoms with Gasteiger partial charge < -0.3 is 15.1 Å². The lowest BCUT2D eigenvalue weighted by Gasteiger charge is -2.26. The van der Waals surface area contributed by atoms with Gasteiger partial charge in [-0.3, -0.25) is 9.69 Å². The fourth-order valence-electron chi connectivity index (χ4n) is 6.51. The Balaban J connectivity index is 1.38. The molecule has 1 aliphatic heterocycles. The molecule has 41 heavy (non-hydrogen) atoms. The molecule has 3 aromatic rings. The highest BCUT2D eigenvalue weighted by Crippen LogP contribution is 2.41. The maximum Gasteiger partial charge on any atom is 0.317 e. The number of aryl methyl sites for hydroxylation is 1. The number of phenolic OH excluding ortho intramolecular Hbond substituents is 1. The second-order valence-corrected chi connectivity index (χ2v) is 11.6. The van der Waals surface area contributed by atoms with E-state index < -0.39 is 5.97 Å². The number of benzene rings is 3. The van der Waals surface area contributed by atoms with Gasteiger partial charge in [0.2, 0.25) is 0 Å². The van der Waals surface area contributed by atoms with Crippen molar-refractivity contribution in [2.75, 3.05) is 37.6 Å². The van der Waals surface area contributed by atoms with E-state index >= 15 is 0 Å². The molecule has 5 nitrogen and oxygen atoms in total. The zero-order valence-corrected chi connectivity index (χ0v) is 24.2. The molecule has 216 valence electrons. The Labute approximate surface area is 245 Å². The minimum absolute atomic E-state index is 0.159. The van der Waals surface area contributed by atoms with Crippen LogP contribution >= 0.6 is 0 Å². The predicted molar refractivity (Wildman–Crippen MR) is 168 cm³/mol. The molecule has 0 atom stereocenters. The third-order valence-electron chi connectivity index (χ3n) is 8.59. The van der Waals surface area contributed by atoms with E-state index in [2.05, 4.69) is 70.5 Å². The Morgan fingerprint density at radius 1 is 0.683 bits per heavy atom. The first kappa shape index (κ1) is 28.9. The maximum absolute atomic E-state index is 11.2. The lowest BCUT2D eigenvalue weighted by Crippen LogP contribution is -2.31. The van der Waals surface area contributed by atoms with Crippen LogP contribution in [-0.4, -0.2) is 53.8 Å². The quantitative estimate of drug-likeness (QED) is 0.341. The summed E-state index contributed by atoms with van der Waals surface area (Å²) in [4.78, 5) is 15.9. The second-order valence-electron chi connectivity index (χ2n) is 11.6. The summed E-state index contributed by atoms with van der Waals surface area (Å²) in [6.07, 6.45) is 10.8. The van der Waals surface area contributed by atoms with E-state index in [0.717, 1.165) is 84.0 Å². The molecule has 1 fully saturated rings. The zero-order chi connectivity index (χ0) is 28.4. The van der Waals surface area contributed by atoms with Gasteiger partial charge in [0.25, 0.3) is 0 Å². The van der Waals surface area contributed by atoms with E-state index in [1.165, 1.54) is 45.5 Å². The van der Waals surface area contributed by atoms with Crippen LogP contribution in [0.15, 0.2) is 72.8 Å². The molecule has 1 saturated heterocycles. The van der Waals surface area contributed by atoms with E-state index in [1.54, 1.807) is 0 Å². The minimum Gasteiger partial charge on any atom is -0.508 e. The molecule has 0 bridgehead atoms. The van der Waals surface area contributed by atoms with Gasteiger partial charge in [0.05, 0.1) is 6.54 Å². The highest BCUT2D eigenvalue weighted by Gasteiger charge is 2.21. The molecule has 3 aromatic carbocycles. The van der Waals surface area contributed by atoms with Crippen molar-refractivity contribution in [1.29, 1.82) is 0 Å². The first-order valence-corrected chi connectivity index (χ1v) is 15.5. The largest absolute Gasteiger partial charge is 0.508 e. The van der Waals surface area contributed by atoms with Gasteiger partial charge in [-0.05, 0) is 116 Å². The lowest BCUT2D eigenvalue weighted by molar-refractivity contribution is -0.138. The minimum atomic E-state index is -0.721. The molecule has 1 heterocycles. The molecule has 0 spiro atoms. The molecule has 0 radical (unpaired) electrons. The number of nitrogens with zero attached hydrogens (tertiary/aromatic N) is 2. The highest BCUT2D eigenvalue weighted by atomic mass is 16.4. The summed E-state index contributed by atoms with van der Waals surface area (Å²) in [5.41, 5.74) is 8.88. The average Bonchev–Trinajstić information content (AvgIpc) is 3.15. The topological polar surface area (TPSA) is 64.0 Å². The molecular weight excluding hydrogens is 508 g/mol. The van der Waals surface area contributed by atoms with Crippen molar-refractivity contribution in [3.63, 3.8) is 0 Å². The molecule has 5 heteroatoms. The van der Waals surface area contributed by atoms with Gasteiger partial charge in [0, 0.05) is 18.8 Å². The van der Waals surface area contributed by atoms with Gasteiger partial charge in [-0.1, -0.05) is 67.8 Å². The Bertz CT molecular complexity index is 1320. The van der Waals surface area contributed by atoms with Crippen molar-refractivity contribution < 1.29 is 15.0 Å². The third-order valence-corrected chi connectivity index (χ3v) is 8.59. The van der Waals surface area contributed by atoms with Gasteiger partial charge in [0.1, 0.15) is 5.75 Å². The number of hydrogen-bond acceptors (Lipinski definition) is 4. The first-order chi connectivity index (χ1) is 20.1. The van der Waals surface area contributed by atoms with Gasteiger partial charge >= 0.3 is 5.97 Å². The van der Waals surface area contributed by atoms with Crippen LogP contribution in [0.2, 0.25) is 0 Å². The number of rotatable bonds is 5. The number of aliphatic carboxylic acids is 1. The summed E-state index contributed by atoms with van der Waals surface area (Å²) in [5, 5.41) is 19.5. The number of carboxylic acids is 1. The van der Waals surface area contributed by atoms with Crippen LogP contribution in [0.5, 0.6) is 5.75 Å². The first-order valence-electron chi connectivity index (χ1n) is 15.5. The lowest BCUT2D eigenvalue weighted by atomic mass is 9.87. The summed E-state index contributed by atoms with van der Waals surface area (Å²) >= 11 is 0. The standard InChI is InChI=1S/C36H44N2O3/c39-32-20-21-34-30(26-32)14-11-15-33(28-12-5-3-6-13-28)36(34)29-16-18-31(19-17-29)38-24-9-2-1-7-22-37(27-35(40)41)23-8-4-10-25-38/h3,5-6,12-13,16-21,26,39H,1-2,4,7-11,14-15,22-25,27H2,(H,40,41). The summed E-state index contributed by atoms with van der Waals surface area (Å²) in [6.45, 7) is 4.00. The van der Waals surface area contributed by atoms with Crippen LogP contribution < -0.4 is 4.90 Å². The molecule has 5 rings (SSSR count). The van der Waals surface area contributed by atoms with Gasteiger partial charge in [-0.2, -0.15) is 0 Å². The number of allylic oxidation sites excluding steroid dienone is 1. The second kappa shape index (κ2) is 14.4. The molecule has 0 amide bonds. The van der Waals surface area contributed by atoms with Crippen molar-refractivity contribution in [2.45, 2.75) is 64.2 Å². The number of carboxylic acid groups (broad SMARTS) is 1. The van der Waals surface area contributed by atoms with Gasteiger partial charge in [-0.25, -0.2) is 0 Å². The van der Waals surface area contributed by atoms with Crippen LogP contribution in [-0.2, 0) is 11.2 Å². The van der Waals surface area contributed by atoms with Crippen molar-refractivity contribution in [3.05, 3.63) is 95.1 Å². The van der Waals surface area contributed by atoms with E-state index in [-0.39, 0.29) is 6.54 Å². The maximum atomic E-state index is 11.2. The fraction of sp³-hybridized carbons (Fsp3) is 0.417. The number of aromatic hydroxyl groups is 1. The van der Waals surface area contributed by atoms with Crippen molar-refractivity contribution in [3.8, 4) is 5.75 Å². The number of anilines is 1. The van der Waals surface area contributed by atoms with Gasteiger partial charge in [0.15, 0.2) is 0 Å². The van der Waals surface area contributed by atoms with Gasteiger partial charge in [-0.15, -0.1) is 0 Å². The Hall–Kier alpha value is -3.57. The average molecular weight is 553 g/mol. The van der Waals surface area contributed by atoms with Crippen LogP contribution in [0.1, 0.15) is 80.0 Å². The third kappa shape index (κ3) is 7.80. The van der Waals surface area contributed by atoms with Crippen LogP contribution in [0.4, 0.5) is 5.69 Å². The van der Waals surface area contributed by atoms with Crippen molar-refractivity contribution in [1.82, 2.24) is 4.90 Å². The number of carbonyl (C=O) groups is 1. The Morgan fingerprint density at radius 3 is 2.02 bits per heavy atom. The molecular formula is C36H44N2O3. The Kier molecular flexibility index (Phi) is 10.1. The number of fused-ring (bicyclic) bond motifs is 1. The van der Waals surface area contributed by atoms with Crippen LogP contribution in [0.3, 0.4) is 0 Å². The molecule has 0 aromatic heterocycles. The van der Waals surface area contributed by atoms with Crippen LogP contribution in [0, 0.1) is 0 Å². The van der Waals surface area contributed by atoms with E-state index in [4.69, 9.17) is 0 Å². The summed E-state index contributed by atoms with van der Waals surface area (Å²) in [7, 11) is 0. The monoisotopic (exact) mass is 552 g/mol. The number of hydrogen-bond donors (Lipinski definition) is 2. The predicted octanol–water partition coefficient (Wildman–Crippen LogP) is 7.62. The van der Waals surface area contributed by atoms with E-state index in [1.807, 2.05) is 12.1 Å². The van der Waals surface area contributed by atoms with E-state index in [0.29, 0.717) is 5.75 Å². The normalized spacial score (nSPS) is 18.0. The summed E-state index contributed by atoms with van der Waals surface area (Å²) < 4.78 is 0. The summed E-state index contributed by atoms with van der Waals surface area (Å²) in [6, 6.07) is 25.8. The zero-order valence-electron chi connectivity index (χ0n) is 24.2. The number of phenols is 1. The molecule has 2 N–H and O–H groups in total. The molecule has 2 aliphatic rings. The van der Waals surface area contributed by atoms with Crippen LogP contribution in [0.25, 0.3) is 11.1 Å². The van der Waals surface area contributed by atoms with Crippen molar-refractivity contribution in [2.24, 2.45) is 0 Å². The summed E-state index contributed by atoms with van der Waals surface area (Å²) in [5.74, 6) is -0.386. The van der Waals surface area contributed by atoms with Crippen molar-refractivity contribution >= 4 is 22.8 Å². The Morgan fingerprint density at radius 2 is 1.34 bits per heavy atom. The molecule has 0 saturated carbocycles. The highest BCUT2D eigenvalue weighted by molar-refractivity contribution is 6.00.